The van der Waals surface area contributed by atoms with E-state index in [1.807, 2.05) is 37.3 Å². The van der Waals surface area contributed by atoms with Gasteiger partial charge < -0.3 is 20.5 Å². The average molecular weight is 292 g/mol. The number of ether oxygens (including phenoxy) is 2. The number of nitrogens with one attached hydrogen (secondary N) is 1. The summed E-state index contributed by atoms with van der Waals surface area (Å²) in [4.78, 5) is 12.4. The van der Waals surface area contributed by atoms with Crippen LogP contribution in [0.4, 0.5) is 0 Å². The van der Waals surface area contributed by atoms with Crippen molar-refractivity contribution in [3.8, 4) is 5.75 Å². The average Bonchev–Trinajstić information content (AvgIpc) is 2.54. The second kappa shape index (κ2) is 7.43. The molecular formula is C16H24N2O3. The van der Waals surface area contributed by atoms with Crippen molar-refractivity contribution in [3.63, 3.8) is 0 Å². The monoisotopic (exact) mass is 292 g/mol. The third kappa shape index (κ3) is 4.19. The SMILES string of the molecule is CC(CNC(=O)C1(CN)CCOCC1)Oc1ccccc1. The number of amides is 1. The van der Waals surface area contributed by atoms with Crippen molar-refractivity contribution in [3.05, 3.63) is 30.3 Å². The summed E-state index contributed by atoms with van der Waals surface area (Å²) in [6.45, 7) is 3.96. The fourth-order valence-electron chi connectivity index (χ4n) is 2.48. The molecule has 0 saturated carbocycles. The van der Waals surface area contributed by atoms with Gasteiger partial charge in [-0.15, -0.1) is 0 Å². The summed E-state index contributed by atoms with van der Waals surface area (Å²) in [6, 6.07) is 9.59. The van der Waals surface area contributed by atoms with Crippen molar-refractivity contribution in [1.82, 2.24) is 5.32 Å². The Labute approximate surface area is 125 Å². The van der Waals surface area contributed by atoms with E-state index in [2.05, 4.69) is 5.32 Å². The Bertz CT molecular complexity index is 444. The van der Waals surface area contributed by atoms with E-state index < -0.39 is 5.41 Å². The first-order valence-electron chi connectivity index (χ1n) is 7.44. The van der Waals surface area contributed by atoms with E-state index in [1.165, 1.54) is 0 Å². The molecule has 3 N–H and O–H groups in total. The lowest BCUT2D eigenvalue weighted by Gasteiger charge is -2.34. The molecule has 0 aliphatic carbocycles. The van der Waals surface area contributed by atoms with E-state index in [0.29, 0.717) is 39.1 Å². The number of para-hydroxylation sites is 1. The molecule has 0 spiro atoms. The molecule has 0 bridgehead atoms. The molecule has 21 heavy (non-hydrogen) atoms. The summed E-state index contributed by atoms with van der Waals surface area (Å²) < 4.78 is 11.1. The van der Waals surface area contributed by atoms with E-state index in [0.717, 1.165) is 5.75 Å². The van der Waals surface area contributed by atoms with Crippen molar-refractivity contribution in [2.45, 2.75) is 25.9 Å². The van der Waals surface area contributed by atoms with Crippen LogP contribution >= 0.6 is 0 Å². The third-order valence-electron chi connectivity index (χ3n) is 3.95. The van der Waals surface area contributed by atoms with Crippen LogP contribution in [0.25, 0.3) is 0 Å². The molecule has 1 unspecified atom stereocenters. The highest BCUT2D eigenvalue weighted by molar-refractivity contribution is 5.83. The van der Waals surface area contributed by atoms with Gasteiger partial charge in [0.25, 0.3) is 0 Å². The van der Waals surface area contributed by atoms with Crippen LogP contribution in [0.5, 0.6) is 5.75 Å². The van der Waals surface area contributed by atoms with Crippen LogP contribution in [0.3, 0.4) is 0 Å². The van der Waals surface area contributed by atoms with E-state index in [-0.39, 0.29) is 12.0 Å². The Morgan fingerprint density at radius 2 is 2.05 bits per heavy atom. The van der Waals surface area contributed by atoms with Gasteiger partial charge in [0.15, 0.2) is 0 Å². The van der Waals surface area contributed by atoms with Crippen molar-refractivity contribution < 1.29 is 14.3 Å². The zero-order valence-corrected chi connectivity index (χ0v) is 12.5. The normalized spacial score (nSPS) is 18.8. The Kier molecular flexibility index (Phi) is 5.59. The minimum Gasteiger partial charge on any atom is -0.489 e. The molecule has 0 aromatic heterocycles. The second-order valence-electron chi connectivity index (χ2n) is 5.55. The van der Waals surface area contributed by atoms with Crippen molar-refractivity contribution in [2.75, 3.05) is 26.3 Å². The van der Waals surface area contributed by atoms with Crippen LogP contribution in [0, 0.1) is 5.41 Å². The first kappa shape index (κ1) is 15.8. The topological polar surface area (TPSA) is 73.6 Å². The summed E-state index contributed by atoms with van der Waals surface area (Å²) >= 11 is 0. The fraction of sp³-hybridized carbons (Fsp3) is 0.562. The Balaban J connectivity index is 1.82. The molecule has 1 aromatic carbocycles. The molecular weight excluding hydrogens is 268 g/mol. The third-order valence-corrected chi connectivity index (χ3v) is 3.95. The minimum absolute atomic E-state index is 0.0109. The Morgan fingerprint density at radius 1 is 1.38 bits per heavy atom. The number of hydrogen-bond acceptors (Lipinski definition) is 4. The molecule has 5 heteroatoms. The number of benzene rings is 1. The van der Waals surface area contributed by atoms with Crippen LogP contribution in [0.2, 0.25) is 0 Å². The number of hydrogen-bond donors (Lipinski definition) is 2. The maximum absolute atomic E-state index is 12.4. The lowest BCUT2D eigenvalue weighted by molar-refractivity contribution is -0.136. The number of carbonyl (C=O) groups excluding carboxylic acids is 1. The molecule has 1 aliphatic heterocycles. The quantitative estimate of drug-likeness (QED) is 0.829. The zero-order chi connectivity index (χ0) is 15.1. The van der Waals surface area contributed by atoms with Gasteiger partial charge in [-0.2, -0.15) is 0 Å². The van der Waals surface area contributed by atoms with E-state index >= 15 is 0 Å². The molecule has 1 fully saturated rings. The zero-order valence-electron chi connectivity index (χ0n) is 12.5. The van der Waals surface area contributed by atoms with E-state index in [4.69, 9.17) is 15.2 Å². The highest BCUT2D eigenvalue weighted by Gasteiger charge is 2.38. The van der Waals surface area contributed by atoms with Crippen LogP contribution in [-0.2, 0) is 9.53 Å². The Morgan fingerprint density at radius 3 is 2.67 bits per heavy atom. The van der Waals surface area contributed by atoms with Gasteiger partial charge in [0.1, 0.15) is 11.9 Å². The molecule has 1 atom stereocenters. The van der Waals surface area contributed by atoms with Crippen LogP contribution in [0.1, 0.15) is 19.8 Å². The minimum atomic E-state index is -0.481. The molecule has 1 heterocycles. The van der Waals surface area contributed by atoms with Gasteiger partial charge in [0.05, 0.1) is 12.0 Å². The molecule has 1 aromatic rings. The maximum atomic E-state index is 12.4. The van der Waals surface area contributed by atoms with Crippen LogP contribution < -0.4 is 15.8 Å². The number of nitrogens with two attached hydrogens (primary N) is 1. The Hall–Kier alpha value is -1.59. The molecule has 5 nitrogen and oxygen atoms in total. The van der Waals surface area contributed by atoms with Crippen LogP contribution in [-0.4, -0.2) is 38.3 Å². The number of carbonyl (C=O) groups is 1. The second-order valence-corrected chi connectivity index (χ2v) is 5.55. The first-order chi connectivity index (χ1) is 10.2. The maximum Gasteiger partial charge on any atom is 0.227 e. The highest BCUT2D eigenvalue weighted by Crippen LogP contribution is 2.29. The van der Waals surface area contributed by atoms with Crippen molar-refractivity contribution in [2.24, 2.45) is 11.1 Å². The van der Waals surface area contributed by atoms with Gasteiger partial charge in [-0.25, -0.2) is 0 Å². The first-order valence-corrected chi connectivity index (χ1v) is 7.44. The summed E-state index contributed by atoms with van der Waals surface area (Å²) in [5, 5.41) is 2.96. The van der Waals surface area contributed by atoms with Gasteiger partial charge >= 0.3 is 0 Å². The predicted molar refractivity (Wildman–Crippen MR) is 81.1 cm³/mol. The van der Waals surface area contributed by atoms with Gasteiger partial charge in [-0.05, 0) is 31.9 Å². The molecule has 2 rings (SSSR count). The molecule has 0 radical (unpaired) electrons. The highest BCUT2D eigenvalue weighted by atomic mass is 16.5. The van der Waals surface area contributed by atoms with E-state index in [1.54, 1.807) is 0 Å². The van der Waals surface area contributed by atoms with Crippen molar-refractivity contribution in [1.29, 1.82) is 0 Å². The predicted octanol–water partition coefficient (Wildman–Crippen LogP) is 1.33. The summed E-state index contributed by atoms with van der Waals surface area (Å²) in [5.41, 5.74) is 5.34. The summed E-state index contributed by atoms with van der Waals surface area (Å²) in [6.07, 6.45) is 1.28. The lowest BCUT2D eigenvalue weighted by atomic mass is 9.79. The van der Waals surface area contributed by atoms with Gasteiger partial charge in [-0.1, -0.05) is 18.2 Å². The van der Waals surface area contributed by atoms with Crippen molar-refractivity contribution >= 4 is 5.91 Å². The number of rotatable bonds is 6. The fourth-order valence-corrected chi connectivity index (χ4v) is 2.48. The lowest BCUT2D eigenvalue weighted by Crippen LogP contribution is -2.50. The van der Waals surface area contributed by atoms with Gasteiger partial charge in [0, 0.05) is 19.8 Å². The smallest absolute Gasteiger partial charge is 0.227 e. The standard InChI is InChI=1S/C16H24N2O3/c1-13(21-14-5-3-2-4-6-14)11-18-15(19)16(12-17)7-9-20-10-8-16/h2-6,13H,7-12,17H2,1H3,(H,18,19). The molecule has 1 saturated heterocycles. The summed E-state index contributed by atoms with van der Waals surface area (Å²) in [5.74, 6) is 0.815. The van der Waals surface area contributed by atoms with Crippen LogP contribution in [0.15, 0.2) is 30.3 Å². The van der Waals surface area contributed by atoms with E-state index in [9.17, 15) is 4.79 Å². The molecule has 1 aliphatic rings. The summed E-state index contributed by atoms with van der Waals surface area (Å²) in [7, 11) is 0. The van der Waals surface area contributed by atoms with Gasteiger partial charge in [-0.3, -0.25) is 4.79 Å². The molecule has 1 amide bonds. The largest absolute Gasteiger partial charge is 0.489 e. The van der Waals surface area contributed by atoms with Gasteiger partial charge in [0.2, 0.25) is 5.91 Å². The molecule has 116 valence electrons.